The van der Waals surface area contributed by atoms with Gasteiger partial charge in [0.25, 0.3) is 5.91 Å². The van der Waals surface area contributed by atoms with Crippen molar-refractivity contribution in [2.24, 2.45) is 22.7 Å². The number of carbonyl (C=O) groups excluding carboxylic acids is 2. The van der Waals surface area contributed by atoms with Crippen LogP contribution in [0.2, 0.25) is 0 Å². The summed E-state index contributed by atoms with van der Waals surface area (Å²) in [5.74, 6) is 2.18. The van der Waals surface area contributed by atoms with E-state index in [-0.39, 0.29) is 11.8 Å². The number of fused-ring (bicyclic) bond motifs is 2. The number of rotatable bonds is 4. The van der Waals surface area contributed by atoms with E-state index in [1.807, 2.05) is 4.90 Å². The van der Waals surface area contributed by atoms with Crippen LogP contribution >= 0.6 is 11.8 Å². The zero-order chi connectivity index (χ0) is 20.0. The number of likely N-dealkylation sites (tertiary alicyclic amines) is 1. The summed E-state index contributed by atoms with van der Waals surface area (Å²) in [6, 6.07) is 2.13. The van der Waals surface area contributed by atoms with Crippen molar-refractivity contribution < 1.29 is 14.0 Å². The van der Waals surface area contributed by atoms with Crippen LogP contribution in [0.1, 0.15) is 62.2 Å². The van der Waals surface area contributed by atoms with Gasteiger partial charge in [-0.2, -0.15) is 0 Å². The molecule has 2 amide bonds. The molecule has 0 aromatic carbocycles. The SMILES string of the molecule is CC1(CC2CCN(C(=O)c3ccoc3)CC2)SC(=NC2CC3CCC2C3)NC1=O. The van der Waals surface area contributed by atoms with Gasteiger partial charge in [0.2, 0.25) is 5.91 Å². The number of nitrogens with zero attached hydrogens (tertiary/aromatic N) is 2. The van der Waals surface area contributed by atoms with E-state index in [0.717, 1.165) is 49.4 Å². The molecule has 2 aliphatic carbocycles. The van der Waals surface area contributed by atoms with Crippen LogP contribution in [0.5, 0.6) is 0 Å². The normalized spacial score (nSPS) is 36.2. The second kappa shape index (κ2) is 7.49. The van der Waals surface area contributed by atoms with Gasteiger partial charge in [-0.3, -0.25) is 14.6 Å². The fraction of sp³-hybridized carbons (Fsp3) is 0.682. The Kier molecular flexibility index (Phi) is 4.96. The Morgan fingerprint density at radius 1 is 1.31 bits per heavy atom. The number of carbonyl (C=O) groups is 2. The van der Waals surface area contributed by atoms with E-state index < -0.39 is 4.75 Å². The van der Waals surface area contributed by atoms with Gasteiger partial charge in [0, 0.05) is 13.1 Å². The van der Waals surface area contributed by atoms with Gasteiger partial charge in [-0.05, 0) is 69.3 Å². The Bertz CT molecular complexity index is 815. The van der Waals surface area contributed by atoms with Gasteiger partial charge in [-0.15, -0.1) is 0 Å². The molecule has 156 valence electrons. The van der Waals surface area contributed by atoms with Crippen molar-refractivity contribution in [3.8, 4) is 0 Å². The number of amidine groups is 1. The smallest absolute Gasteiger partial charge is 0.257 e. The average molecular weight is 416 g/mol. The summed E-state index contributed by atoms with van der Waals surface area (Å²) in [5, 5.41) is 3.90. The first-order chi connectivity index (χ1) is 14.0. The lowest BCUT2D eigenvalue weighted by atomic mass is 9.87. The van der Waals surface area contributed by atoms with Crippen molar-refractivity contribution in [1.29, 1.82) is 0 Å². The minimum absolute atomic E-state index is 0.0386. The minimum atomic E-state index is -0.447. The summed E-state index contributed by atoms with van der Waals surface area (Å²) < 4.78 is 4.58. The molecule has 0 radical (unpaired) electrons. The molecule has 5 rings (SSSR count). The van der Waals surface area contributed by atoms with Crippen LogP contribution in [0.15, 0.2) is 28.0 Å². The van der Waals surface area contributed by atoms with Gasteiger partial charge in [-0.1, -0.05) is 18.2 Å². The zero-order valence-corrected chi connectivity index (χ0v) is 17.7. The molecule has 2 saturated carbocycles. The van der Waals surface area contributed by atoms with Gasteiger partial charge in [0.05, 0.1) is 22.6 Å². The molecule has 2 bridgehead atoms. The van der Waals surface area contributed by atoms with E-state index in [0.29, 0.717) is 17.5 Å². The lowest BCUT2D eigenvalue weighted by Crippen LogP contribution is -2.41. The molecule has 4 atom stereocenters. The zero-order valence-electron chi connectivity index (χ0n) is 16.9. The maximum Gasteiger partial charge on any atom is 0.257 e. The molecule has 4 unspecified atom stereocenters. The fourth-order valence-electron chi connectivity index (χ4n) is 5.69. The maximum atomic E-state index is 12.8. The summed E-state index contributed by atoms with van der Waals surface area (Å²) in [7, 11) is 0. The second-order valence-corrected chi connectivity index (χ2v) is 10.9. The second-order valence-electron chi connectivity index (χ2n) is 9.42. The fourth-order valence-corrected chi connectivity index (χ4v) is 6.91. The van der Waals surface area contributed by atoms with Gasteiger partial charge >= 0.3 is 0 Å². The summed E-state index contributed by atoms with van der Waals surface area (Å²) in [6.45, 7) is 3.53. The van der Waals surface area contributed by atoms with Crippen molar-refractivity contribution in [2.75, 3.05) is 13.1 Å². The van der Waals surface area contributed by atoms with E-state index in [1.165, 1.54) is 38.2 Å². The molecule has 7 heteroatoms. The van der Waals surface area contributed by atoms with Crippen molar-refractivity contribution in [2.45, 2.75) is 62.7 Å². The van der Waals surface area contributed by atoms with Gasteiger partial charge in [0.15, 0.2) is 5.17 Å². The van der Waals surface area contributed by atoms with Crippen LogP contribution < -0.4 is 5.32 Å². The van der Waals surface area contributed by atoms with Crippen molar-refractivity contribution in [3.63, 3.8) is 0 Å². The van der Waals surface area contributed by atoms with Gasteiger partial charge in [0.1, 0.15) is 6.26 Å². The van der Waals surface area contributed by atoms with Crippen molar-refractivity contribution >= 4 is 28.7 Å². The summed E-state index contributed by atoms with van der Waals surface area (Å²) in [5.41, 5.74) is 0.614. The highest BCUT2D eigenvalue weighted by atomic mass is 32.2. The quantitative estimate of drug-likeness (QED) is 0.814. The van der Waals surface area contributed by atoms with Crippen molar-refractivity contribution in [1.82, 2.24) is 10.2 Å². The van der Waals surface area contributed by atoms with E-state index in [9.17, 15) is 9.59 Å². The molecule has 1 N–H and O–H groups in total. The van der Waals surface area contributed by atoms with Crippen LogP contribution in [0, 0.1) is 17.8 Å². The summed E-state index contributed by atoms with van der Waals surface area (Å²) in [4.78, 5) is 32.1. The lowest BCUT2D eigenvalue weighted by molar-refractivity contribution is -0.121. The highest BCUT2D eigenvalue weighted by Crippen LogP contribution is 2.47. The molecule has 4 fully saturated rings. The maximum absolute atomic E-state index is 12.8. The predicted octanol–water partition coefficient (Wildman–Crippen LogP) is 3.69. The van der Waals surface area contributed by atoms with Gasteiger partial charge < -0.3 is 14.6 Å². The molecule has 0 spiro atoms. The first-order valence-electron chi connectivity index (χ1n) is 10.9. The predicted molar refractivity (Wildman–Crippen MR) is 113 cm³/mol. The number of piperidine rings is 1. The van der Waals surface area contributed by atoms with Crippen LogP contribution in [0.25, 0.3) is 0 Å². The third kappa shape index (κ3) is 3.74. The highest BCUT2D eigenvalue weighted by molar-refractivity contribution is 8.16. The molecule has 2 aliphatic heterocycles. The highest BCUT2D eigenvalue weighted by Gasteiger charge is 2.46. The Balaban J connectivity index is 1.16. The van der Waals surface area contributed by atoms with E-state index >= 15 is 0 Å². The number of nitrogens with one attached hydrogen (secondary N) is 1. The number of hydrogen-bond donors (Lipinski definition) is 1. The average Bonchev–Trinajstić information content (AvgIpc) is 3.48. The monoisotopic (exact) mass is 415 g/mol. The molecular formula is C22H29N3O3S. The van der Waals surface area contributed by atoms with Crippen LogP contribution in [0.4, 0.5) is 0 Å². The third-order valence-corrected chi connectivity index (χ3v) is 8.56. The largest absolute Gasteiger partial charge is 0.472 e. The van der Waals surface area contributed by atoms with Crippen molar-refractivity contribution in [3.05, 3.63) is 24.2 Å². The minimum Gasteiger partial charge on any atom is -0.472 e. The first kappa shape index (κ1) is 19.2. The number of hydrogen-bond acceptors (Lipinski definition) is 5. The Morgan fingerprint density at radius 3 is 2.79 bits per heavy atom. The summed E-state index contributed by atoms with van der Waals surface area (Å²) in [6.07, 6.45) is 10.9. The Morgan fingerprint density at radius 2 is 2.14 bits per heavy atom. The number of thioether (sulfide) groups is 1. The van der Waals surface area contributed by atoms with Crippen LogP contribution in [0.3, 0.4) is 0 Å². The molecule has 29 heavy (non-hydrogen) atoms. The van der Waals surface area contributed by atoms with Gasteiger partial charge in [-0.25, -0.2) is 0 Å². The Labute approximate surface area is 175 Å². The number of amides is 2. The third-order valence-electron chi connectivity index (χ3n) is 7.35. The van der Waals surface area contributed by atoms with E-state index in [4.69, 9.17) is 9.41 Å². The topological polar surface area (TPSA) is 74.9 Å². The molecule has 3 heterocycles. The molecular weight excluding hydrogens is 386 g/mol. The number of furan rings is 1. The molecule has 4 aliphatic rings. The van der Waals surface area contributed by atoms with Crippen LogP contribution in [-0.4, -0.2) is 45.8 Å². The summed E-state index contributed by atoms with van der Waals surface area (Å²) >= 11 is 1.63. The van der Waals surface area contributed by atoms with E-state index in [2.05, 4.69) is 12.2 Å². The van der Waals surface area contributed by atoms with E-state index in [1.54, 1.807) is 17.8 Å². The molecule has 6 nitrogen and oxygen atoms in total. The molecule has 1 aromatic heterocycles. The molecule has 1 aromatic rings. The Hall–Kier alpha value is -1.76. The van der Waals surface area contributed by atoms with Crippen LogP contribution in [-0.2, 0) is 4.79 Å². The first-order valence-corrected chi connectivity index (χ1v) is 11.7. The molecule has 2 saturated heterocycles. The standard InChI is InChI=1S/C22H29N3O3S/c1-22(12-14-4-7-25(8-5-14)19(26)17-6-9-28-13-17)20(27)24-21(29-22)23-18-11-15-2-3-16(18)10-15/h6,9,13-16,18H,2-5,7-8,10-12H2,1H3,(H,23,24,27). The number of aliphatic imine (C=N–C) groups is 1. The lowest BCUT2D eigenvalue weighted by Gasteiger charge is -2.34.